The highest BCUT2D eigenvalue weighted by atomic mass is 35.5. The maximum absolute atomic E-state index is 13.9. The largest absolute Gasteiger partial charge is 0.497 e. The van der Waals surface area contributed by atoms with Crippen LogP contribution in [0.15, 0.2) is 170 Å². The molecular weight excluding hydrogens is 2350 g/mol. The van der Waals surface area contributed by atoms with Crippen LogP contribution < -0.4 is 42.0 Å². The molecule has 0 radical (unpaired) electrons. The monoisotopic (exact) mass is 2380 g/mol. The number of para-hydroxylation sites is 2. The predicted octanol–water partition coefficient (Wildman–Crippen LogP) is 41.3. The number of hydrogen-bond acceptors (Lipinski definition) is 17. The smallest absolute Gasteiger partial charge is 0.269 e. The fourth-order valence-corrected chi connectivity index (χ4v) is 17.3. The molecule has 25 nitrogen and oxygen atoms in total. The molecule has 0 atom stereocenters. The first-order valence-electron chi connectivity index (χ1n) is 40.3. The number of nitriles is 7. The topological polar surface area (TPSA) is 334 Å². The zero-order chi connectivity index (χ0) is 111. The van der Waals surface area contributed by atoms with Crippen LogP contribution in [0.2, 0.25) is 100 Å². The van der Waals surface area contributed by atoms with E-state index in [9.17, 15) is 54.9 Å². The minimum atomic E-state index is -1.62. The highest BCUT2D eigenvalue weighted by molar-refractivity contribution is 6.53. The Morgan fingerprint density at radius 1 is 0.287 bits per heavy atom. The zero-order valence-corrected chi connectivity index (χ0v) is 90.4. The zero-order valence-electron chi connectivity index (χ0n) is 75.3. The van der Waals surface area contributed by atoms with E-state index < -0.39 is 39.3 Å². The van der Waals surface area contributed by atoms with Crippen LogP contribution in [0.5, 0.6) is 5.75 Å². The Labute approximate surface area is 954 Å². The van der Waals surface area contributed by atoms with Crippen molar-refractivity contribution in [1.82, 2.24) is 0 Å². The number of aryl methyl sites for hydroxylation is 3. The lowest BCUT2D eigenvalue weighted by molar-refractivity contribution is -0.384. The molecule has 7 N–H and O–H groups in total. The minimum Gasteiger partial charge on any atom is -0.497 e. The molecular formula is C102H47Cl20F3N22O3. The Balaban J connectivity index is 0.000000213. The molecule has 0 aliphatic rings. The van der Waals surface area contributed by atoms with Crippen LogP contribution in [0, 0.1) is 174 Å². The highest BCUT2D eigenvalue weighted by Gasteiger charge is 2.31. The molecule has 0 spiro atoms. The minimum absolute atomic E-state index is 0.00323. The molecule has 0 fully saturated rings. The third-order valence-electron chi connectivity index (χ3n) is 19.6. The van der Waals surface area contributed by atoms with Crippen molar-refractivity contribution >= 4 is 357 Å². The second-order valence-corrected chi connectivity index (χ2v) is 36.4. The Hall–Kier alpha value is -14.7. The fourth-order valence-electron chi connectivity index (χ4n) is 12.2. The number of nitro benzene ring substituents is 1. The van der Waals surface area contributed by atoms with E-state index in [2.05, 4.69) is 71.1 Å². The summed E-state index contributed by atoms with van der Waals surface area (Å²) >= 11 is 121. The molecule has 0 unspecified atom stereocenters. The Morgan fingerprint density at radius 3 is 0.793 bits per heavy atom. The summed E-state index contributed by atoms with van der Waals surface area (Å²) in [5.41, 5.74) is 6.16. The van der Waals surface area contributed by atoms with Gasteiger partial charge in [-0.2, -0.15) is 36.8 Å². The van der Waals surface area contributed by atoms with Crippen LogP contribution in [0.25, 0.3) is 33.9 Å². The molecule has 14 rings (SSSR count). The standard InChI is InChI=1S/C16H9Cl4N3.C15H8Cl3N3O.C15H8Cl3N3.C14H5Cl4N3.C14H5Cl3N4O2.C14H6Cl3N3.C14H6F3N3/c1-7-5-11(8(2)4-10(7)17)23-15-9(6-21)12(18)16(22-3)14(20)13(15)19;1-20-15-11(16)10(7-19)14(12(17)13(15)18)21-8-3-5-9(22-2)6-4-8;1-8-3-5-9(6-4-8)21-14-10(7-19)11(16)15(20-2)13(18)12(14)17;1-20-14-10(16)9(6-19)13(11(17)12(14)18)21-8-4-2-7(15)3-5-8;1-19-14-10(15)9(6-18)13(11(16)12(14)17)20-7-2-4-8(5-3-7)21(22)23;2*1-19-14-10(15)9(7-18)13(11(16)12(14)17)20-8-5-3-2-4-6-8/h4-5,23H,1-2H3;3-6,21H,2H3;3-6,21H,1H3;2-5,21H;2-5,20H;2*2-6,20H. The first kappa shape index (κ1) is 121. The number of hydrogen-bond donors (Lipinski definition) is 7. The van der Waals surface area contributed by atoms with Crippen molar-refractivity contribution < 1.29 is 22.8 Å². The molecule has 150 heavy (non-hydrogen) atoms. The molecule has 0 aliphatic carbocycles. The summed E-state index contributed by atoms with van der Waals surface area (Å²) < 4.78 is 46.3. The van der Waals surface area contributed by atoms with E-state index in [1.165, 1.54) is 30.3 Å². The molecule has 744 valence electrons. The fraction of sp³-hybridized carbons (Fsp3) is 0.0392. The third-order valence-corrected chi connectivity index (χ3v) is 27.6. The molecule has 14 aromatic carbocycles. The molecule has 0 aliphatic heterocycles. The number of non-ortho nitro benzene ring substituents is 1. The number of nitrogens with zero attached hydrogens (tertiary/aromatic N) is 15. The molecule has 0 heterocycles. The SMILES string of the molecule is [C-]#[N+]c1c(Cl)c(Cl)c(Nc2cc(C)c(Cl)cc2C)c(C#N)c1Cl.[C-]#[N+]c1c(Cl)c(Cl)c(Nc2ccc(C)cc2)c(C#N)c1Cl.[C-]#[N+]c1c(Cl)c(Cl)c(Nc2ccc(Cl)cc2)c(C#N)c1Cl.[C-]#[N+]c1c(Cl)c(Cl)c(Nc2ccc(OC)cc2)c(C#N)c1Cl.[C-]#[N+]c1c(Cl)c(Cl)c(Nc2ccc([N+](=O)[O-])cc2)c(C#N)c1Cl.[C-]#[N+]c1c(Cl)c(Cl)c(Nc2ccccc2)c(C#N)c1Cl.[C-]#[N+]c1c(F)c(F)c(Nc2ccccc2)c(C#N)c1F. The molecule has 0 saturated heterocycles. The lowest BCUT2D eigenvalue weighted by Crippen LogP contribution is -2.03. The maximum atomic E-state index is 13.9. The second kappa shape index (κ2) is 56.1. The molecule has 48 heteroatoms. The quantitative estimate of drug-likeness (QED) is 0.0204. The highest BCUT2D eigenvalue weighted by Crippen LogP contribution is 2.55. The van der Waals surface area contributed by atoms with E-state index in [-0.39, 0.29) is 186 Å². The van der Waals surface area contributed by atoms with Gasteiger partial charge in [0.05, 0.1) is 222 Å². The van der Waals surface area contributed by atoms with Crippen molar-refractivity contribution in [3.8, 4) is 48.2 Å². The summed E-state index contributed by atoms with van der Waals surface area (Å²) in [4.78, 5) is 31.9. The van der Waals surface area contributed by atoms with Crippen LogP contribution in [-0.2, 0) is 0 Å². The second-order valence-electron chi connectivity index (χ2n) is 28.8. The van der Waals surface area contributed by atoms with Crippen LogP contribution in [0.3, 0.4) is 0 Å². The van der Waals surface area contributed by atoms with Crippen molar-refractivity contribution in [2.75, 3.05) is 44.3 Å². The maximum Gasteiger partial charge on any atom is 0.269 e. The van der Waals surface area contributed by atoms with E-state index in [1.54, 1.807) is 92.0 Å². The van der Waals surface area contributed by atoms with Gasteiger partial charge in [-0.15, -0.1) is 0 Å². The summed E-state index contributed by atoms with van der Waals surface area (Å²) in [5, 5.41) is 97.0. The van der Waals surface area contributed by atoms with Crippen LogP contribution >= 0.6 is 232 Å². The van der Waals surface area contributed by atoms with Gasteiger partial charge in [0.1, 0.15) is 53.8 Å². The summed E-state index contributed by atoms with van der Waals surface area (Å²) in [5.74, 6) is -3.76. The van der Waals surface area contributed by atoms with Crippen LogP contribution in [0.1, 0.15) is 55.6 Å². The van der Waals surface area contributed by atoms with E-state index >= 15 is 0 Å². The van der Waals surface area contributed by atoms with Gasteiger partial charge in [0.2, 0.25) is 34.1 Å². The van der Waals surface area contributed by atoms with Crippen molar-refractivity contribution in [3.63, 3.8) is 0 Å². The Bertz CT molecular complexity index is 8120. The number of methoxy groups -OCH3 is 1. The number of halogens is 23. The van der Waals surface area contributed by atoms with Gasteiger partial charge in [0, 0.05) is 62.0 Å². The van der Waals surface area contributed by atoms with E-state index in [1.807, 2.05) is 118 Å². The van der Waals surface area contributed by atoms with Crippen molar-refractivity contribution in [2.45, 2.75) is 20.8 Å². The van der Waals surface area contributed by atoms with E-state index in [0.717, 1.165) is 28.1 Å². The molecule has 0 amide bonds. The first-order valence-corrected chi connectivity index (χ1v) is 47.8. The van der Waals surface area contributed by atoms with Gasteiger partial charge in [0.15, 0.2) is 17.5 Å². The van der Waals surface area contributed by atoms with Crippen molar-refractivity contribution in [2.24, 2.45) is 0 Å². The van der Waals surface area contributed by atoms with Crippen molar-refractivity contribution in [3.05, 3.63) is 433 Å². The number of anilines is 14. The summed E-state index contributed by atoms with van der Waals surface area (Å²) in [6.45, 7) is 54.8. The molecule has 0 bridgehead atoms. The molecule has 0 aromatic heterocycles. The normalized spacial score (nSPS) is 9.79. The van der Waals surface area contributed by atoms with Gasteiger partial charge in [-0.1, -0.05) is 286 Å². The van der Waals surface area contributed by atoms with Gasteiger partial charge in [0.25, 0.3) is 11.4 Å². The van der Waals surface area contributed by atoms with Crippen molar-refractivity contribution in [1.29, 1.82) is 36.8 Å². The van der Waals surface area contributed by atoms with Gasteiger partial charge >= 0.3 is 0 Å². The lowest BCUT2D eigenvalue weighted by atomic mass is 10.1. The predicted molar refractivity (Wildman–Crippen MR) is 597 cm³/mol. The third kappa shape index (κ3) is 28.3. The van der Waals surface area contributed by atoms with E-state index in [0.29, 0.717) is 55.6 Å². The summed E-state index contributed by atoms with van der Waals surface area (Å²) in [6, 6.07) is 60.7. The Kier molecular flexibility index (Phi) is 45.1. The molecule has 0 saturated carbocycles. The lowest BCUT2D eigenvalue weighted by Gasteiger charge is -2.16. The number of rotatable bonds is 16. The van der Waals surface area contributed by atoms with Gasteiger partial charge in [-0.3, -0.25) is 10.1 Å². The number of benzene rings is 14. The first-order chi connectivity index (χ1) is 71.4. The number of ether oxygens (including phenoxy) is 1. The van der Waals surface area contributed by atoms with Gasteiger partial charge < -0.3 is 42.0 Å². The number of nitrogens with one attached hydrogen (secondary N) is 7. The van der Waals surface area contributed by atoms with E-state index in [4.69, 9.17) is 288 Å². The van der Waals surface area contributed by atoms with Crippen LogP contribution in [-0.4, -0.2) is 12.0 Å². The number of nitro groups is 1. The average molecular weight is 2390 g/mol. The average Bonchev–Trinajstić information content (AvgIpc) is 0.808. The summed E-state index contributed by atoms with van der Waals surface area (Å²) in [6.07, 6.45) is 0. The van der Waals surface area contributed by atoms with Crippen LogP contribution in [0.4, 0.5) is 138 Å². The molecule has 14 aromatic rings. The Morgan fingerprint density at radius 2 is 0.533 bits per heavy atom. The van der Waals surface area contributed by atoms with Gasteiger partial charge in [-0.25, -0.2) is 47.1 Å². The summed E-state index contributed by atoms with van der Waals surface area (Å²) in [7, 11) is 1.57. The van der Waals surface area contributed by atoms with Gasteiger partial charge in [-0.05, 0) is 141 Å².